The summed E-state index contributed by atoms with van der Waals surface area (Å²) in [4.78, 5) is 27.4. The van der Waals surface area contributed by atoms with E-state index in [1.54, 1.807) is 0 Å². The van der Waals surface area contributed by atoms with E-state index < -0.39 is 0 Å². The van der Waals surface area contributed by atoms with Crippen molar-refractivity contribution in [2.45, 2.75) is 44.6 Å². The molecule has 6 nitrogen and oxygen atoms in total. The summed E-state index contributed by atoms with van der Waals surface area (Å²) in [5.74, 6) is 1.65. The second kappa shape index (κ2) is 11.1. The van der Waals surface area contributed by atoms with Gasteiger partial charge in [0.05, 0.1) is 0 Å². The second-order valence-electron chi connectivity index (χ2n) is 8.60. The lowest BCUT2D eigenvalue weighted by molar-refractivity contribution is -0.122. The highest BCUT2D eigenvalue weighted by molar-refractivity contribution is 5.96. The fourth-order valence-electron chi connectivity index (χ4n) is 4.42. The van der Waals surface area contributed by atoms with E-state index in [4.69, 9.17) is 9.47 Å². The molecule has 32 heavy (non-hydrogen) atoms. The first-order valence-corrected chi connectivity index (χ1v) is 11.7. The van der Waals surface area contributed by atoms with Crippen LogP contribution in [0.15, 0.2) is 48.5 Å². The molecular weight excluding hydrogens is 404 g/mol. The van der Waals surface area contributed by atoms with Gasteiger partial charge in [0.1, 0.15) is 13.2 Å². The van der Waals surface area contributed by atoms with E-state index in [0.717, 1.165) is 43.1 Å². The first-order valence-electron chi connectivity index (χ1n) is 11.7. The number of nitrogens with one attached hydrogen (secondary N) is 1. The van der Waals surface area contributed by atoms with Crippen molar-refractivity contribution in [2.75, 3.05) is 32.8 Å². The fourth-order valence-corrected chi connectivity index (χ4v) is 4.42. The van der Waals surface area contributed by atoms with Crippen molar-refractivity contribution in [3.05, 3.63) is 59.7 Å². The van der Waals surface area contributed by atoms with Crippen LogP contribution in [0.3, 0.4) is 0 Å². The van der Waals surface area contributed by atoms with Crippen molar-refractivity contribution < 1.29 is 19.1 Å². The SMILES string of the molecule is O=C(CCCC(=O)c1ccccc1)NC(Cc1ccc2c(c1)OCCO2)CN1CCCC1. The van der Waals surface area contributed by atoms with Crippen LogP contribution in [0.1, 0.15) is 48.0 Å². The topological polar surface area (TPSA) is 67.9 Å². The van der Waals surface area contributed by atoms with Gasteiger partial charge in [-0.05, 0) is 56.5 Å². The van der Waals surface area contributed by atoms with Gasteiger partial charge in [-0.2, -0.15) is 0 Å². The van der Waals surface area contributed by atoms with Crippen LogP contribution in [0.4, 0.5) is 0 Å². The number of hydrogen-bond acceptors (Lipinski definition) is 5. The van der Waals surface area contributed by atoms with Gasteiger partial charge in [0.2, 0.25) is 5.91 Å². The lowest BCUT2D eigenvalue weighted by atomic mass is 10.0. The predicted octanol–water partition coefficient (Wildman–Crippen LogP) is 3.63. The smallest absolute Gasteiger partial charge is 0.220 e. The molecule has 0 radical (unpaired) electrons. The van der Waals surface area contributed by atoms with E-state index in [0.29, 0.717) is 38.0 Å². The summed E-state index contributed by atoms with van der Waals surface area (Å²) in [7, 11) is 0. The molecule has 1 atom stereocenters. The Morgan fingerprint density at radius 3 is 2.47 bits per heavy atom. The zero-order valence-corrected chi connectivity index (χ0v) is 18.6. The number of nitrogens with zero attached hydrogens (tertiary/aromatic N) is 1. The highest BCUT2D eigenvalue weighted by Crippen LogP contribution is 2.31. The molecule has 1 unspecified atom stereocenters. The summed E-state index contributed by atoms with van der Waals surface area (Å²) in [5.41, 5.74) is 1.83. The van der Waals surface area contributed by atoms with Crippen molar-refractivity contribution in [1.29, 1.82) is 0 Å². The van der Waals surface area contributed by atoms with Gasteiger partial charge in [0.15, 0.2) is 17.3 Å². The summed E-state index contributed by atoms with van der Waals surface area (Å²) in [6.45, 7) is 4.14. The minimum absolute atomic E-state index is 0.00704. The lowest BCUT2D eigenvalue weighted by Gasteiger charge is -2.25. The first kappa shape index (κ1) is 22.3. The standard InChI is InChI=1S/C26H32N2O4/c29-23(21-7-2-1-3-8-21)9-6-10-26(30)27-22(19-28-13-4-5-14-28)17-20-11-12-24-25(18-20)32-16-15-31-24/h1-3,7-8,11-12,18,22H,4-6,9-10,13-17,19H2,(H,27,30). The van der Waals surface area contributed by atoms with Crippen molar-refractivity contribution >= 4 is 11.7 Å². The van der Waals surface area contributed by atoms with E-state index >= 15 is 0 Å². The van der Waals surface area contributed by atoms with Crippen LogP contribution in [0.25, 0.3) is 0 Å². The number of fused-ring (bicyclic) bond motifs is 1. The van der Waals surface area contributed by atoms with Gasteiger partial charge in [-0.1, -0.05) is 36.4 Å². The molecule has 0 aliphatic carbocycles. The molecule has 2 aliphatic heterocycles. The van der Waals surface area contributed by atoms with E-state index in [9.17, 15) is 9.59 Å². The van der Waals surface area contributed by atoms with E-state index in [1.165, 1.54) is 12.8 Å². The Morgan fingerprint density at radius 2 is 1.69 bits per heavy atom. The highest BCUT2D eigenvalue weighted by Gasteiger charge is 2.21. The van der Waals surface area contributed by atoms with E-state index in [-0.39, 0.29) is 17.7 Å². The zero-order valence-electron chi connectivity index (χ0n) is 18.6. The molecule has 0 saturated carbocycles. The molecule has 1 amide bonds. The Bertz CT molecular complexity index is 909. The molecule has 0 bridgehead atoms. The number of hydrogen-bond donors (Lipinski definition) is 1. The average molecular weight is 437 g/mol. The lowest BCUT2D eigenvalue weighted by Crippen LogP contribution is -2.44. The van der Waals surface area contributed by atoms with Gasteiger partial charge >= 0.3 is 0 Å². The third-order valence-electron chi connectivity index (χ3n) is 6.03. The molecule has 1 saturated heterocycles. The Labute approximate surface area is 189 Å². The van der Waals surface area contributed by atoms with Gasteiger partial charge in [-0.25, -0.2) is 0 Å². The van der Waals surface area contributed by atoms with Gasteiger partial charge in [-0.3, -0.25) is 9.59 Å². The van der Waals surface area contributed by atoms with Crippen LogP contribution in [0.5, 0.6) is 11.5 Å². The Morgan fingerprint density at radius 1 is 0.938 bits per heavy atom. The van der Waals surface area contributed by atoms with Gasteiger partial charge < -0.3 is 19.7 Å². The van der Waals surface area contributed by atoms with Crippen molar-refractivity contribution in [3.63, 3.8) is 0 Å². The second-order valence-corrected chi connectivity index (χ2v) is 8.60. The molecule has 2 aliphatic rings. The first-order chi connectivity index (χ1) is 15.7. The fraction of sp³-hybridized carbons (Fsp3) is 0.462. The number of carbonyl (C=O) groups is 2. The summed E-state index contributed by atoms with van der Waals surface area (Å²) >= 11 is 0. The Balaban J connectivity index is 1.31. The molecule has 1 N–H and O–H groups in total. The van der Waals surface area contributed by atoms with Crippen molar-refractivity contribution in [1.82, 2.24) is 10.2 Å². The van der Waals surface area contributed by atoms with Crippen LogP contribution in [0.2, 0.25) is 0 Å². The maximum Gasteiger partial charge on any atom is 0.220 e. The molecule has 6 heteroatoms. The maximum atomic E-state index is 12.7. The van der Waals surface area contributed by atoms with Crippen LogP contribution < -0.4 is 14.8 Å². The third kappa shape index (κ3) is 6.33. The minimum Gasteiger partial charge on any atom is -0.486 e. The zero-order chi connectivity index (χ0) is 22.2. The molecule has 2 heterocycles. The van der Waals surface area contributed by atoms with Crippen LogP contribution in [0, 0.1) is 0 Å². The van der Waals surface area contributed by atoms with Gasteiger partial charge in [0.25, 0.3) is 0 Å². The monoisotopic (exact) mass is 436 g/mol. The molecule has 170 valence electrons. The molecule has 2 aromatic rings. The van der Waals surface area contributed by atoms with Crippen molar-refractivity contribution in [2.24, 2.45) is 0 Å². The van der Waals surface area contributed by atoms with Crippen molar-refractivity contribution in [3.8, 4) is 11.5 Å². The molecule has 0 spiro atoms. The molecule has 4 rings (SSSR count). The van der Waals surface area contributed by atoms with E-state index in [2.05, 4.69) is 16.3 Å². The molecule has 0 aromatic heterocycles. The minimum atomic E-state index is 0.00704. The number of benzene rings is 2. The Hall–Kier alpha value is -2.86. The maximum absolute atomic E-state index is 12.7. The van der Waals surface area contributed by atoms with E-state index in [1.807, 2.05) is 42.5 Å². The Kier molecular flexibility index (Phi) is 7.77. The third-order valence-corrected chi connectivity index (χ3v) is 6.03. The largest absolute Gasteiger partial charge is 0.486 e. The number of rotatable bonds is 10. The summed E-state index contributed by atoms with van der Waals surface area (Å²) in [6, 6.07) is 15.3. The van der Waals surface area contributed by atoms with Crippen LogP contribution in [-0.2, 0) is 11.2 Å². The van der Waals surface area contributed by atoms with Gasteiger partial charge in [0, 0.05) is 31.0 Å². The quantitative estimate of drug-likeness (QED) is 0.576. The normalized spacial score (nSPS) is 16.5. The summed E-state index contributed by atoms with van der Waals surface area (Å²) in [6.07, 6.45) is 4.47. The van der Waals surface area contributed by atoms with Gasteiger partial charge in [-0.15, -0.1) is 0 Å². The predicted molar refractivity (Wildman–Crippen MR) is 123 cm³/mol. The number of Topliss-reactive ketones (excluding diaryl/α,β-unsaturated/α-hetero) is 1. The van der Waals surface area contributed by atoms with Crippen LogP contribution >= 0.6 is 0 Å². The number of ether oxygens (including phenoxy) is 2. The molecule has 2 aromatic carbocycles. The highest BCUT2D eigenvalue weighted by atomic mass is 16.6. The summed E-state index contributed by atoms with van der Waals surface area (Å²) in [5, 5.41) is 3.22. The molecule has 1 fully saturated rings. The number of likely N-dealkylation sites (tertiary alicyclic amines) is 1. The number of ketones is 1. The number of amides is 1. The number of carbonyl (C=O) groups excluding carboxylic acids is 2. The molecular formula is C26H32N2O4. The average Bonchev–Trinajstić information content (AvgIpc) is 3.32. The van der Waals surface area contributed by atoms with Crippen LogP contribution in [-0.4, -0.2) is 55.5 Å². The summed E-state index contributed by atoms with van der Waals surface area (Å²) < 4.78 is 11.3.